The Morgan fingerprint density at radius 3 is 2.62 bits per heavy atom. The minimum atomic E-state index is -0.510. The number of nitrogens with two attached hydrogens (primary N) is 2. The van der Waals surface area contributed by atoms with E-state index in [2.05, 4.69) is 25.9 Å². The van der Waals surface area contributed by atoms with Gasteiger partial charge in [-0.15, -0.1) is 0 Å². The molecule has 8 heteroatoms. The van der Waals surface area contributed by atoms with Crippen molar-refractivity contribution in [2.75, 3.05) is 12.0 Å². The van der Waals surface area contributed by atoms with Gasteiger partial charge in [0.25, 0.3) is 0 Å². The smallest absolute Gasteiger partial charge is 0.337 e. The van der Waals surface area contributed by atoms with Gasteiger partial charge >= 0.3 is 5.97 Å². The second-order valence-corrected chi connectivity index (χ2v) is 6.83. The molecule has 1 heterocycles. The maximum absolute atomic E-state index is 11.7. The summed E-state index contributed by atoms with van der Waals surface area (Å²) in [7, 11) is 1.36. The van der Waals surface area contributed by atoms with E-state index in [0.29, 0.717) is 11.5 Å². The molecule has 1 saturated carbocycles. The van der Waals surface area contributed by atoms with Gasteiger partial charge in [-0.1, -0.05) is 6.42 Å². The molecule has 0 saturated heterocycles. The van der Waals surface area contributed by atoms with Crippen LogP contribution >= 0.6 is 15.9 Å². The van der Waals surface area contributed by atoms with Crippen molar-refractivity contribution in [3.05, 3.63) is 28.2 Å². The van der Waals surface area contributed by atoms with E-state index < -0.39 is 11.6 Å². The van der Waals surface area contributed by atoms with Crippen LogP contribution in [0.5, 0.6) is 0 Å². The standard InChI is InChI=1S/C16H20BrN5O2/c1-24-13(23)10-5-6-12(11(17)9-10)22-15(19)20-14(18)21-16(22)7-3-2-4-8-16/h5-6,9H,2-4,7-8H2,1H3,(H4,18,19,20,21). The minimum absolute atomic E-state index is 0.216. The van der Waals surface area contributed by atoms with Crippen LogP contribution in [0.2, 0.25) is 0 Å². The average molecular weight is 394 g/mol. The van der Waals surface area contributed by atoms with Crippen LogP contribution < -0.4 is 16.4 Å². The van der Waals surface area contributed by atoms with Gasteiger partial charge in [-0.25, -0.2) is 9.79 Å². The predicted molar refractivity (Wildman–Crippen MR) is 97.0 cm³/mol. The number of hydrogen-bond donors (Lipinski definition) is 2. The highest BCUT2D eigenvalue weighted by Crippen LogP contribution is 2.41. The van der Waals surface area contributed by atoms with Gasteiger partial charge in [0.15, 0.2) is 0 Å². The largest absolute Gasteiger partial charge is 0.465 e. The first-order chi connectivity index (χ1) is 11.5. The number of anilines is 1. The highest BCUT2D eigenvalue weighted by atomic mass is 79.9. The number of hydrogen-bond acceptors (Lipinski definition) is 7. The molecule has 1 spiro atoms. The summed E-state index contributed by atoms with van der Waals surface area (Å²) in [4.78, 5) is 22.4. The topological polar surface area (TPSA) is 106 Å². The van der Waals surface area contributed by atoms with Crippen LogP contribution in [-0.4, -0.2) is 30.7 Å². The molecule has 1 aliphatic heterocycles. The molecule has 7 nitrogen and oxygen atoms in total. The van der Waals surface area contributed by atoms with Crippen LogP contribution in [0.15, 0.2) is 32.7 Å². The first kappa shape index (κ1) is 16.8. The number of benzene rings is 1. The number of methoxy groups -OCH3 is 1. The summed E-state index contributed by atoms with van der Waals surface area (Å²) >= 11 is 3.53. The van der Waals surface area contributed by atoms with Crippen LogP contribution in [0.3, 0.4) is 0 Å². The maximum Gasteiger partial charge on any atom is 0.337 e. The number of halogens is 1. The van der Waals surface area contributed by atoms with Crippen molar-refractivity contribution < 1.29 is 9.53 Å². The molecule has 24 heavy (non-hydrogen) atoms. The number of ether oxygens (including phenoxy) is 1. The zero-order valence-electron chi connectivity index (χ0n) is 13.5. The molecule has 1 aromatic carbocycles. The molecule has 0 unspecified atom stereocenters. The molecule has 0 bridgehead atoms. The molecule has 1 fully saturated rings. The van der Waals surface area contributed by atoms with Gasteiger partial charge in [0.1, 0.15) is 5.66 Å². The first-order valence-electron chi connectivity index (χ1n) is 7.84. The summed E-state index contributed by atoms with van der Waals surface area (Å²) in [6, 6.07) is 5.25. The van der Waals surface area contributed by atoms with Gasteiger partial charge in [0.05, 0.1) is 18.4 Å². The molecule has 128 valence electrons. The van der Waals surface area contributed by atoms with E-state index in [1.807, 2.05) is 11.0 Å². The molecule has 2 aliphatic rings. The van der Waals surface area contributed by atoms with E-state index >= 15 is 0 Å². The first-order valence-corrected chi connectivity index (χ1v) is 8.64. The molecule has 0 atom stereocenters. The molecule has 1 aliphatic carbocycles. The van der Waals surface area contributed by atoms with E-state index in [1.165, 1.54) is 13.5 Å². The van der Waals surface area contributed by atoms with E-state index in [0.717, 1.165) is 35.8 Å². The Balaban J connectivity index is 2.05. The van der Waals surface area contributed by atoms with Crippen LogP contribution in [0.25, 0.3) is 0 Å². The number of carbonyl (C=O) groups excluding carboxylic acids is 1. The highest BCUT2D eigenvalue weighted by molar-refractivity contribution is 9.10. The van der Waals surface area contributed by atoms with Crippen molar-refractivity contribution in [2.24, 2.45) is 21.5 Å². The lowest BCUT2D eigenvalue weighted by Crippen LogP contribution is -2.58. The fraction of sp³-hybridized carbons (Fsp3) is 0.438. The second kappa shape index (κ2) is 6.43. The van der Waals surface area contributed by atoms with Crippen LogP contribution in [0, 0.1) is 0 Å². The van der Waals surface area contributed by atoms with Crippen LogP contribution in [0.1, 0.15) is 42.5 Å². The van der Waals surface area contributed by atoms with E-state index in [1.54, 1.807) is 12.1 Å². The summed E-state index contributed by atoms with van der Waals surface area (Å²) < 4.78 is 5.49. The molecule has 4 N–H and O–H groups in total. The van der Waals surface area contributed by atoms with Crippen molar-refractivity contribution in [1.82, 2.24) is 0 Å². The SMILES string of the molecule is COC(=O)c1ccc(N2C(N)=NC(N)=NC23CCCCC3)c(Br)c1. The summed E-state index contributed by atoms with van der Waals surface area (Å²) in [6.07, 6.45) is 4.99. The number of guanidine groups is 2. The van der Waals surface area contributed by atoms with E-state index in [4.69, 9.17) is 16.2 Å². The minimum Gasteiger partial charge on any atom is -0.465 e. The third-order valence-corrected chi connectivity index (χ3v) is 5.10. The van der Waals surface area contributed by atoms with Crippen molar-refractivity contribution in [1.29, 1.82) is 0 Å². The summed E-state index contributed by atoms with van der Waals surface area (Å²) in [5.41, 5.74) is 12.8. The Labute approximate surface area is 148 Å². The maximum atomic E-state index is 11.7. The number of nitrogens with zero attached hydrogens (tertiary/aromatic N) is 3. The van der Waals surface area contributed by atoms with Crippen LogP contribution in [-0.2, 0) is 4.74 Å². The lowest BCUT2D eigenvalue weighted by molar-refractivity contribution is 0.0600. The lowest BCUT2D eigenvalue weighted by Gasteiger charge is -2.45. The highest BCUT2D eigenvalue weighted by Gasteiger charge is 2.43. The Morgan fingerprint density at radius 1 is 1.29 bits per heavy atom. The van der Waals surface area contributed by atoms with Crippen LogP contribution in [0.4, 0.5) is 5.69 Å². The average Bonchev–Trinajstić information content (AvgIpc) is 2.55. The molecule has 3 rings (SSSR count). The van der Waals surface area contributed by atoms with Crippen molar-refractivity contribution in [3.8, 4) is 0 Å². The summed E-state index contributed by atoms with van der Waals surface area (Å²) in [5.74, 6) is 0.140. The zero-order valence-corrected chi connectivity index (χ0v) is 15.0. The number of aliphatic imine (C=N–C) groups is 2. The quantitative estimate of drug-likeness (QED) is 0.749. The third kappa shape index (κ3) is 2.86. The van der Waals surface area contributed by atoms with Crippen molar-refractivity contribution in [3.63, 3.8) is 0 Å². The van der Waals surface area contributed by atoms with E-state index in [-0.39, 0.29) is 5.96 Å². The lowest BCUT2D eigenvalue weighted by atomic mass is 9.87. The molecule has 0 radical (unpaired) electrons. The molecule has 1 aromatic rings. The Bertz CT molecular complexity index is 725. The fourth-order valence-electron chi connectivity index (χ4n) is 3.40. The molecule has 0 amide bonds. The summed E-state index contributed by atoms with van der Waals surface area (Å²) in [5, 5.41) is 0. The van der Waals surface area contributed by atoms with Gasteiger partial charge in [-0.3, -0.25) is 4.90 Å². The van der Waals surface area contributed by atoms with Gasteiger partial charge in [-0.05, 0) is 59.8 Å². The number of carbonyl (C=O) groups is 1. The second-order valence-electron chi connectivity index (χ2n) is 5.98. The van der Waals surface area contributed by atoms with Gasteiger partial charge < -0.3 is 16.2 Å². The summed E-state index contributed by atoms with van der Waals surface area (Å²) in [6.45, 7) is 0. The predicted octanol–water partition coefficient (Wildman–Crippen LogP) is 2.35. The molecular weight excluding hydrogens is 374 g/mol. The monoisotopic (exact) mass is 393 g/mol. The molecular formula is C16H20BrN5O2. The Morgan fingerprint density at radius 2 is 2.00 bits per heavy atom. The third-order valence-electron chi connectivity index (χ3n) is 4.46. The Hall–Kier alpha value is -2.09. The molecule has 0 aromatic heterocycles. The van der Waals surface area contributed by atoms with Gasteiger partial charge in [-0.2, -0.15) is 4.99 Å². The zero-order chi connectivity index (χ0) is 17.3. The Kier molecular flexibility index (Phi) is 4.49. The van der Waals surface area contributed by atoms with E-state index in [9.17, 15) is 4.79 Å². The van der Waals surface area contributed by atoms with Crippen molar-refractivity contribution in [2.45, 2.75) is 37.8 Å². The normalized spacial score (nSPS) is 19.7. The fourth-order valence-corrected chi connectivity index (χ4v) is 3.96. The van der Waals surface area contributed by atoms with Crippen molar-refractivity contribution >= 4 is 39.5 Å². The number of esters is 1. The number of rotatable bonds is 2. The van der Waals surface area contributed by atoms with Gasteiger partial charge in [0, 0.05) is 4.47 Å². The van der Waals surface area contributed by atoms with Gasteiger partial charge in [0.2, 0.25) is 11.9 Å².